The molecule has 0 unspecified atom stereocenters. The fourth-order valence-corrected chi connectivity index (χ4v) is 9.65. The van der Waals surface area contributed by atoms with E-state index in [9.17, 15) is 39.6 Å². The van der Waals surface area contributed by atoms with Crippen molar-refractivity contribution in [2.45, 2.75) is 216 Å². The number of unbranched alkanes of at least 4 members (excludes halogenated alkanes) is 1. The Kier molecular flexibility index (Phi) is 25.3. The molecule has 6 N–H and O–H groups in total. The number of carbonyl (C=O) groups is 4. The van der Waals surface area contributed by atoms with E-state index in [1.54, 1.807) is 39.8 Å². The van der Waals surface area contributed by atoms with Crippen LogP contribution in [0.4, 0.5) is 0 Å². The minimum absolute atomic E-state index is 0.00885. The Labute approximate surface area is 408 Å². The molecule has 398 valence electrons. The highest BCUT2D eigenvalue weighted by molar-refractivity contribution is 5.70. The van der Waals surface area contributed by atoms with Crippen molar-refractivity contribution < 1.29 is 87.7 Å². The summed E-state index contributed by atoms with van der Waals surface area (Å²) in [7, 11) is 9.03. The molecular formula is C49H84N2O18. The van der Waals surface area contributed by atoms with E-state index in [1.165, 1.54) is 14.0 Å². The van der Waals surface area contributed by atoms with E-state index in [0.717, 1.165) is 12.7 Å². The lowest BCUT2D eigenvalue weighted by atomic mass is 9.82. The molecule has 0 aromatic heterocycles. The highest BCUT2D eigenvalue weighted by atomic mass is 16.7. The zero-order valence-corrected chi connectivity index (χ0v) is 42.5. The maximum absolute atomic E-state index is 13.1. The molecule has 0 saturated carbocycles. The molecule has 0 bridgehead atoms. The van der Waals surface area contributed by atoms with Gasteiger partial charge >= 0.3 is 17.9 Å². The van der Waals surface area contributed by atoms with Crippen LogP contribution in [0.15, 0.2) is 24.3 Å². The number of carboxylic acids is 2. The average molecular weight is 989 g/mol. The van der Waals surface area contributed by atoms with E-state index in [-0.39, 0.29) is 43.7 Å². The zero-order chi connectivity index (χ0) is 51.7. The predicted molar refractivity (Wildman–Crippen MR) is 251 cm³/mol. The number of aliphatic hydroxyl groups excluding tert-OH is 3. The van der Waals surface area contributed by atoms with Crippen LogP contribution in [0.1, 0.15) is 112 Å². The fourth-order valence-electron chi connectivity index (χ4n) is 9.65. The molecule has 3 fully saturated rings. The molecule has 0 aromatic rings. The summed E-state index contributed by atoms with van der Waals surface area (Å²) >= 11 is 0. The molecule has 69 heavy (non-hydrogen) atoms. The van der Waals surface area contributed by atoms with Gasteiger partial charge in [0, 0.05) is 45.3 Å². The van der Waals surface area contributed by atoms with Gasteiger partial charge in [-0.1, -0.05) is 31.2 Å². The van der Waals surface area contributed by atoms with Gasteiger partial charge < -0.3 is 83.1 Å². The molecule has 4 aliphatic heterocycles. The van der Waals surface area contributed by atoms with E-state index < -0.39 is 122 Å². The van der Waals surface area contributed by atoms with E-state index in [0.29, 0.717) is 32.1 Å². The second-order valence-electron chi connectivity index (χ2n) is 19.8. The number of aliphatic hydroxyl groups is 4. The highest BCUT2D eigenvalue weighted by Crippen LogP contribution is 2.37. The third-order valence-electron chi connectivity index (χ3n) is 13.4. The number of hydrogen-bond donors (Lipinski definition) is 6. The quantitative estimate of drug-likeness (QED) is 0.0737. The van der Waals surface area contributed by atoms with Gasteiger partial charge in [-0.15, -0.1) is 0 Å². The number of nitrogens with zero attached hydrogens (tertiary/aromatic N) is 2. The Balaban J connectivity index is 0.00000113. The van der Waals surface area contributed by atoms with Crippen LogP contribution >= 0.6 is 0 Å². The van der Waals surface area contributed by atoms with Crippen molar-refractivity contribution in [2.24, 2.45) is 11.8 Å². The molecule has 0 aliphatic carbocycles. The third kappa shape index (κ3) is 18.9. The van der Waals surface area contributed by atoms with Crippen molar-refractivity contribution in [1.82, 2.24) is 9.80 Å². The number of likely N-dealkylation sites (N-methyl/N-ethyl adjacent to an activating group) is 2. The number of ether oxygens (including phenoxy) is 8. The number of hydrogen-bond acceptors (Lipinski definition) is 18. The summed E-state index contributed by atoms with van der Waals surface area (Å²) < 4.78 is 50.0. The summed E-state index contributed by atoms with van der Waals surface area (Å²) in [6.07, 6.45) is -0.546. The van der Waals surface area contributed by atoms with Gasteiger partial charge in [0.1, 0.15) is 36.8 Å². The number of aldehydes is 1. The number of methoxy groups -OCH3 is 1. The molecular weight excluding hydrogens is 905 g/mol. The van der Waals surface area contributed by atoms with Crippen molar-refractivity contribution in [3.05, 3.63) is 24.3 Å². The van der Waals surface area contributed by atoms with Crippen LogP contribution in [0, 0.1) is 11.8 Å². The maximum atomic E-state index is 13.1. The summed E-state index contributed by atoms with van der Waals surface area (Å²) in [4.78, 5) is 49.3. The smallest absolute Gasteiger partial charge is 0.308 e. The first-order chi connectivity index (χ1) is 32.4. The molecule has 0 radical (unpaired) electrons. The van der Waals surface area contributed by atoms with Gasteiger partial charge in [-0.3, -0.25) is 14.4 Å². The lowest BCUT2D eigenvalue weighted by molar-refractivity contribution is -0.344. The summed E-state index contributed by atoms with van der Waals surface area (Å²) in [5.41, 5.74) is -1.47. The molecule has 20 nitrogen and oxygen atoms in total. The molecule has 4 aliphatic rings. The Hall–Kier alpha value is -2.96. The molecule has 20 heteroatoms. The summed E-state index contributed by atoms with van der Waals surface area (Å²) in [6, 6.07) is -0.466. The van der Waals surface area contributed by atoms with Gasteiger partial charge in [0.2, 0.25) is 0 Å². The first-order valence-corrected chi connectivity index (χ1v) is 24.3. The first-order valence-electron chi connectivity index (χ1n) is 24.3. The summed E-state index contributed by atoms with van der Waals surface area (Å²) in [5, 5.41) is 61.3. The number of carboxylic acid groups (broad SMARTS) is 2. The predicted octanol–water partition coefficient (Wildman–Crippen LogP) is 3.04. The minimum atomic E-state index is -1.47. The average Bonchev–Trinajstić information content (AvgIpc) is 3.24. The van der Waals surface area contributed by atoms with Gasteiger partial charge in [0.05, 0.1) is 54.7 Å². The molecule has 0 amide bonds. The number of carbonyl (C=O) groups excluding carboxylic acids is 2. The van der Waals surface area contributed by atoms with E-state index in [1.807, 2.05) is 52.2 Å². The summed E-state index contributed by atoms with van der Waals surface area (Å²) in [5.74, 6) is -3.21. The van der Waals surface area contributed by atoms with Crippen molar-refractivity contribution in [2.75, 3.05) is 35.3 Å². The largest absolute Gasteiger partial charge is 0.481 e. The SMILES string of the molecule is CO[C@@H]1[C@@H](O[C@@H]2O[C@H](C)[C@@H](O[C@H]3C[C@@](C)(O)[C@@H](O)[C@H](C)O3)[C@H](N(C)C)[C@H]2O)[C@@H](CC=O)C[C@@H](C)[C@@H](O[C@H]2CC[C@H](N(C)C)[C@@H](C)O2)/C=C/C=C/C[C@@H](C)OC(=O)C[C@H]1O.O=C(O)CCCCC(=O)O. The molecule has 3 saturated heterocycles. The molecule has 19 atom stereocenters. The van der Waals surface area contributed by atoms with Crippen molar-refractivity contribution in [3.8, 4) is 0 Å². The number of esters is 1. The maximum Gasteiger partial charge on any atom is 0.308 e. The van der Waals surface area contributed by atoms with Gasteiger partial charge in [-0.2, -0.15) is 0 Å². The Morgan fingerprint density at radius 2 is 1.46 bits per heavy atom. The second-order valence-corrected chi connectivity index (χ2v) is 19.8. The first kappa shape index (κ1) is 60.3. The van der Waals surface area contributed by atoms with E-state index in [2.05, 4.69) is 4.90 Å². The van der Waals surface area contributed by atoms with Crippen LogP contribution in [0.25, 0.3) is 0 Å². The minimum Gasteiger partial charge on any atom is -0.481 e. The number of aliphatic carboxylic acids is 2. The van der Waals surface area contributed by atoms with Gasteiger partial charge in [0.25, 0.3) is 0 Å². The van der Waals surface area contributed by atoms with Gasteiger partial charge in [-0.25, -0.2) is 0 Å². The number of allylic oxidation sites excluding steroid dienone is 2. The van der Waals surface area contributed by atoms with Crippen LogP contribution in [0.2, 0.25) is 0 Å². The molecule has 0 aromatic carbocycles. The zero-order valence-electron chi connectivity index (χ0n) is 42.5. The third-order valence-corrected chi connectivity index (χ3v) is 13.4. The van der Waals surface area contributed by atoms with Gasteiger partial charge in [-0.05, 0) is 107 Å². The molecule has 4 heterocycles. The lowest BCUT2D eigenvalue weighted by Crippen LogP contribution is -2.65. The van der Waals surface area contributed by atoms with Crippen molar-refractivity contribution in [3.63, 3.8) is 0 Å². The number of cyclic esters (lactones) is 1. The van der Waals surface area contributed by atoms with Crippen LogP contribution in [0.5, 0.6) is 0 Å². The summed E-state index contributed by atoms with van der Waals surface area (Å²) in [6.45, 7) is 10.8. The molecule has 0 spiro atoms. The lowest BCUT2D eigenvalue weighted by Gasteiger charge is -2.50. The standard InChI is InChI=1S/C43H74N2O14.C6H10O4/c1-24-21-29(19-20-46)39(59-42-37(49)36(45(9)10)38(27(4)56-42)58-35-23-43(6,51)41(50)28(5)55-35)40(52-11)31(47)22-33(48)53-25(2)15-13-12-14-16-32(24)57-34-18-17-30(44(7)8)26(3)54-34;7-5(8)3-1-2-4-6(9)10/h12-14,16,20,24-32,34-42,47,49-51H,15,17-19,21-23H2,1-11H3;1-4H2,(H,7,8)(H,9,10)/b13-12+,16-14+;/t24-,25-,26-,27-,28+,29+,30+,31-,32+,34+,35+,36-,37-,38-,39+,40+,41+,42+,43-;/m1./s1. The Morgan fingerprint density at radius 3 is 2.01 bits per heavy atom. The molecule has 4 rings (SSSR count). The Morgan fingerprint density at radius 1 is 0.826 bits per heavy atom. The second kappa shape index (κ2) is 28.9. The number of rotatable bonds is 16. The van der Waals surface area contributed by atoms with E-state index >= 15 is 0 Å². The van der Waals surface area contributed by atoms with Crippen molar-refractivity contribution in [1.29, 1.82) is 0 Å². The Bertz CT molecular complexity index is 1610. The van der Waals surface area contributed by atoms with Gasteiger partial charge in [0.15, 0.2) is 18.9 Å². The highest BCUT2D eigenvalue weighted by Gasteiger charge is 2.52. The van der Waals surface area contributed by atoms with Crippen LogP contribution in [-0.2, 0) is 57.1 Å². The van der Waals surface area contributed by atoms with E-state index in [4.69, 9.17) is 48.1 Å². The van der Waals surface area contributed by atoms with Crippen LogP contribution in [0.3, 0.4) is 0 Å². The fraction of sp³-hybridized carbons (Fsp3) is 0.837. The van der Waals surface area contributed by atoms with Crippen LogP contribution in [-0.4, -0.2) is 204 Å². The monoisotopic (exact) mass is 989 g/mol. The van der Waals surface area contributed by atoms with Crippen LogP contribution < -0.4 is 0 Å². The topological polar surface area (TPSA) is 270 Å². The normalized spacial score (nSPS) is 40.5. The van der Waals surface area contributed by atoms with Crippen molar-refractivity contribution >= 4 is 24.2 Å².